The van der Waals surface area contributed by atoms with Crippen LogP contribution < -0.4 is 4.74 Å². The third-order valence-electron chi connectivity index (χ3n) is 3.52. The second kappa shape index (κ2) is 9.92. The Bertz CT molecular complexity index is 626. The van der Waals surface area contributed by atoms with E-state index in [9.17, 15) is 19.8 Å². The van der Waals surface area contributed by atoms with Gasteiger partial charge in [-0.25, -0.2) is 4.79 Å². The molecule has 0 bridgehead atoms. The molecule has 0 aliphatic carbocycles. The van der Waals surface area contributed by atoms with Crippen molar-refractivity contribution in [2.45, 2.75) is 57.4 Å². The van der Waals surface area contributed by atoms with Crippen molar-refractivity contribution >= 4 is 23.5 Å². The second-order valence-corrected chi connectivity index (χ2v) is 8.02. The minimum atomic E-state index is -1.99. The summed E-state index contributed by atoms with van der Waals surface area (Å²) in [6, 6.07) is 7.03. The first-order valence-electron chi connectivity index (χ1n) is 8.59. The van der Waals surface area contributed by atoms with Crippen LogP contribution in [-0.4, -0.2) is 63.8 Å². The largest absolute Gasteiger partial charge is 0.497 e. The normalized spacial score (nSPS) is 14.8. The number of nitrogens with zero attached hydrogens (tertiary/aromatic N) is 1. The lowest BCUT2D eigenvalue weighted by Gasteiger charge is -2.29. The molecule has 2 N–H and O–H groups in total. The minimum Gasteiger partial charge on any atom is -0.497 e. The summed E-state index contributed by atoms with van der Waals surface area (Å²) >= 11 is 6.01. The predicted molar refractivity (Wildman–Crippen MR) is 102 cm³/mol. The number of benzene rings is 1. The van der Waals surface area contributed by atoms with E-state index in [2.05, 4.69) is 0 Å². The molecule has 7 nitrogen and oxygen atoms in total. The quantitative estimate of drug-likeness (QED) is 0.508. The molecule has 0 fully saturated rings. The van der Waals surface area contributed by atoms with Crippen LogP contribution in [0.3, 0.4) is 0 Å². The van der Waals surface area contributed by atoms with Gasteiger partial charge in [-0.3, -0.25) is 4.79 Å². The van der Waals surface area contributed by atoms with Gasteiger partial charge in [0.1, 0.15) is 11.4 Å². The molecule has 1 unspecified atom stereocenters. The van der Waals surface area contributed by atoms with Gasteiger partial charge in [-0.2, -0.15) is 0 Å². The zero-order valence-corrected chi connectivity index (χ0v) is 17.1. The number of carbonyl (C=O) groups is 2. The van der Waals surface area contributed by atoms with E-state index in [0.29, 0.717) is 5.75 Å². The van der Waals surface area contributed by atoms with Gasteiger partial charge in [-0.05, 0) is 45.4 Å². The van der Waals surface area contributed by atoms with Gasteiger partial charge in [-0.1, -0.05) is 12.1 Å². The topological polar surface area (TPSA) is 96.3 Å². The average Bonchev–Trinajstić information content (AvgIpc) is 2.58. The zero-order chi connectivity index (χ0) is 20.8. The highest BCUT2D eigenvalue weighted by Crippen LogP contribution is 2.16. The first-order valence-corrected chi connectivity index (χ1v) is 9.03. The molecule has 1 aromatic rings. The highest BCUT2D eigenvalue weighted by atomic mass is 35.5. The van der Waals surface area contributed by atoms with E-state index in [1.165, 1.54) is 4.90 Å². The monoisotopic (exact) mass is 401 g/mol. The molecule has 0 aromatic heterocycles. The fourth-order valence-corrected chi connectivity index (χ4v) is 2.47. The van der Waals surface area contributed by atoms with Crippen LogP contribution in [0.15, 0.2) is 24.3 Å². The van der Waals surface area contributed by atoms with Crippen LogP contribution >= 0.6 is 11.6 Å². The Kier molecular flexibility index (Phi) is 8.53. The average molecular weight is 402 g/mol. The molecule has 1 rings (SSSR count). The third-order valence-corrected chi connectivity index (χ3v) is 3.65. The lowest BCUT2D eigenvalue weighted by molar-refractivity contribution is -0.176. The Labute approximate surface area is 164 Å². The first kappa shape index (κ1) is 23.2. The van der Waals surface area contributed by atoms with Crippen molar-refractivity contribution in [3.63, 3.8) is 0 Å². The number of aliphatic hydroxyl groups excluding tert-OH is 2. The number of aliphatic hydroxyl groups is 2. The standard InChI is InChI=1S/C19H28ClNO6/c1-12(20)10-21(11-13-6-8-14(26-5)9-7-13)17(24)15(22)16(23)18(25)27-19(2,3)4/h6-9,12,15-16,22-23H,10-11H2,1-5H3/t12?,15-,16-/m1/s1. The summed E-state index contributed by atoms with van der Waals surface area (Å²) in [5, 5.41) is 19.8. The number of amides is 1. The zero-order valence-electron chi connectivity index (χ0n) is 16.3. The van der Waals surface area contributed by atoms with Crippen molar-refractivity contribution in [2.24, 2.45) is 0 Å². The lowest BCUT2D eigenvalue weighted by Crippen LogP contribution is -2.50. The van der Waals surface area contributed by atoms with E-state index >= 15 is 0 Å². The summed E-state index contributed by atoms with van der Waals surface area (Å²) in [6.07, 6.45) is -3.94. The number of hydrogen-bond donors (Lipinski definition) is 2. The molecule has 0 aliphatic rings. The maximum Gasteiger partial charge on any atom is 0.338 e. The van der Waals surface area contributed by atoms with E-state index in [-0.39, 0.29) is 13.1 Å². The van der Waals surface area contributed by atoms with Gasteiger partial charge in [0.05, 0.1) is 7.11 Å². The molecule has 0 aliphatic heterocycles. The predicted octanol–water partition coefficient (Wildman–Crippen LogP) is 1.71. The molecular formula is C19H28ClNO6. The van der Waals surface area contributed by atoms with E-state index in [1.807, 2.05) is 0 Å². The summed E-state index contributed by atoms with van der Waals surface area (Å²) in [5.74, 6) is -1.20. The van der Waals surface area contributed by atoms with Crippen LogP contribution in [-0.2, 0) is 20.9 Å². The van der Waals surface area contributed by atoms with E-state index in [1.54, 1.807) is 59.1 Å². The van der Waals surface area contributed by atoms with Crippen LogP contribution in [0.2, 0.25) is 0 Å². The van der Waals surface area contributed by atoms with E-state index in [4.69, 9.17) is 21.1 Å². The first-order chi connectivity index (χ1) is 12.4. The van der Waals surface area contributed by atoms with Gasteiger partial charge in [0.15, 0.2) is 12.2 Å². The van der Waals surface area contributed by atoms with Crippen LogP contribution in [0.25, 0.3) is 0 Å². The highest BCUT2D eigenvalue weighted by Gasteiger charge is 2.36. The number of carbonyl (C=O) groups excluding carboxylic acids is 2. The van der Waals surface area contributed by atoms with Crippen molar-refractivity contribution in [3.05, 3.63) is 29.8 Å². The lowest BCUT2D eigenvalue weighted by atomic mass is 10.1. The fraction of sp³-hybridized carbons (Fsp3) is 0.579. The Morgan fingerprint density at radius 3 is 2.15 bits per heavy atom. The summed E-state index contributed by atoms with van der Waals surface area (Å²) < 4.78 is 10.1. The van der Waals surface area contributed by atoms with Crippen LogP contribution in [0.4, 0.5) is 0 Å². The Morgan fingerprint density at radius 1 is 1.15 bits per heavy atom. The van der Waals surface area contributed by atoms with Crippen molar-refractivity contribution < 1.29 is 29.3 Å². The van der Waals surface area contributed by atoms with Crippen molar-refractivity contribution in [2.75, 3.05) is 13.7 Å². The summed E-state index contributed by atoms with van der Waals surface area (Å²) in [7, 11) is 1.55. The highest BCUT2D eigenvalue weighted by molar-refractivity contribution is 6.20. The molecule has 152 valence electrons. The molecule has 27 heavy (non-hydrogen) atoms. The van der Waals surface area contributed by atoms with Crippen molar-refractivity contribution in [3.8, 4) is 5.75 Å². The second-order valence-electron chi connectivity index (χ2n) is 7.27. The number of hydrogen-bond acceptors (Lipinski definition) is 6. The van der Waals surface area contributed by atoms with Gasteiger partial charge < -0.3 is 24.6 Å². The minimum absolute atomic E-state index is 0.129. The Balaban J connectivity index is 2.90. The molecule has 0 spiro atoms. The third kappa shape index (κ3) is 7.74. The smallest absolute Gasteiger partial charge is 0.338 e. The molecule has 1 aromatic carbocycles. The number of halogens is 1. The molecule has 8 heteroatoms. The maximum absolute atomic E-state index is 12.6. The summed E-state index contributed by atoms with van der Waals surface area (Å²) in [5.41, 5.74) is -0.0747. The van der Waals surface area contributed by atoms with Crippen LogP contribution in [0.1, 0.15) is 33.3 Å². The fourth-order valence-electron chi connectivity index (χ4n) is 2.30. The van der Waals surface area contributed by atoms with Crippen LogP contribution in [0, 0.1) is 0 Å². The number of methoxy groups -OCH3 is 1. The van der Waals surface area contributed by atoms with Gasteiger partial charge in [0, 0.05) is 18.5 Å². The SMILES string of the molecule is COc1ccc(CN(CC(C)Cl)C(=O)[C@H](O)[C@@H](O)C(=O)OC(C)(C)C)cc1. The summed E-state index contributed by atoms with van der Waals surface area (Å²) in [4.78, 5) is 25.9. The van der Waals surface area contributed by atoms with E-state index < -0.39 is 35.1 Å². The number of esters is 1. The van der Waals surface area contributed by atoms with Crippen molar-refractivity contribution in [1.82, 2.24) is 4.90 Å². The van der Waals surface area contributed by atoms with Crippen LogP contribution in [0.5, 0.6) is 5.75 Å². The molecule has 0 heterocycles. The molecule has 1 amide bonds. The van der Waals surface area contributed by atoms with Crippen molar-refractivity contribution in [1.29, 1.82) is 0 Å². The number of ether oxygens (including phenoxy) is 2. The molecule has 0 radical (unpaired) electrons. The molecular weight excluding hydrogens is 374 g/mol. The maximum atomic E-state index is 12.6. The molecule has 0 saturated heterocycles. The summed E-state index contributed by atoms with van der Waals surface area (Å²) in [6.45, 7) is 6.85. The van der Waals surface area contributed by atoms with Gasteiger partial charge >= 0.3 is 5.97 Å². The van der Waals surface area contributed by atoms with Gasteiger partial charge in [0.2, 0.25) is 0 Å². The molecule has 3 atom stereocenters. The Morgan fingerprint density at radius 2 is 1.70 bits per heavy atom. The van der Waals surface area contributed by atoms with E-state index in [0.717, 1.165) is 5.56 Å². The number of alkyl halides is 1. The number of rotatable bonds is 8. The van der Waals surface area contributed by atoms with Gasteiger partial charge in [-0.15, -0.1) is 11.6 Å². The Hall–Kier alpha value is -1.83. The van der Waals surface area contributed by atoms with Gasteiger partial charge in [0.25, 0.3) is 5.91 Å². The molecule has 0 saturated carbocycles.